The number of halogens is 1. The summed E-state index contributed by atoms with van der Waals surface area (Å²) in [7, 11) is 1.42. The van der Waals surface area contributed by atoms with Gasteiger partial charge in [-0.2, -0.15) is 0 Å². The fourth-order valence-corrected chi connectivity index (χ4v) is 3.90. The summed E-state index contributed by atoms with van der Waals surface area (Å²) in [6.07, 6.45) is 0.963. The molecule has 0 N–H and O–H groups in total. The van der Waals surface area contributed by atoms with Crippen molar-refractivity contribution >= 4 is 28.9 Å². The van der Waals surface area contributed by atoms with Crippen molar-refractivity contribution in [2.24, 2.45) is 0 Å². The van der Waals surface area contributed by atoms with Crippen molar-refractivity contribution < 1.29 is 9.53 Å². The second-order valence-electron chi connectivity index (χ2n) is 5.04. The highest BCUT2D eigenvalue weighted by atomic mass is 35.5. The molecule has 1 aliphatic rings. The summed E-state index contributed by atoms with van der Waals surface area (Å²) < 4.78 is 5.01. The Bertz CT molecular complexity index is 655. The van der Waals surface area contributed by atoms with Crippen LogP contribution in [-0.2, 0) is 22.5 Å². The van der Waals surface area contributed by atoms with Crippen LogP contribution in [0.4, 0.5) is 0 Å². The quantitative estimate of drug-likeness (QED) is 0.806. The van der Waals surface area contributed by atoms with Gasteiger partial charge in [-0.1, -0.05) is 29.8 Å². The minimum Gasteiger partial charge on any atom is -0.468 e. The molecule has 0 aliphatic carbocycles. The zero-order chi connectivity index (χ0) is 14.8. The van der Waals surface area contributed by atoms with Gasteiger partial charge in [-0.05, 0) is 35.1 Å². The van der Waals surface area contributed by atoms with E-state index in [1.807, 2.05) is 24.3 Å². The Hall–Kier alpha value is -1.36. The van der Waals surface area contributed by atoms with Crippen LogP contribution in [0, 0.1) is 0 Å². The molecule has 2 heterocycles. The van der Waals surface area contributed by atoms with E-state index in [0.29, 0.717) is 5.02 Å². The third-order valence-corrected chi connectivity index (χ3v) is 5.19. The topological polar surface area (TPSA) is 29.5 Å². The van der Waals surface area contributed by atoms with Crippen molar-refractivity contribution in [2.45, 2.75) is 19.0 Å². The standard InChI is InChI=1S/C16H16ClNO2S/c1-20-16(19)15(12-4-2-3-5-13(12)17)18-8-6-14-11(10-18)7-9-21-14/h2-5,7,9,15H,6,8,10H2,1H3/i2+1,3+1,4+1,5+1,12+1,13+1. The van der Waals surface area contributed by atoms with E-state index in [1.165, 1.54) is 17.6 Å². The van der Waals surface area contributed by atoms with Gasteiger partial charge in [0.05, 0.1) is 7.11 Å². The first-order valence-electron chi connectivity index (χ1n) is 6.82. The monoisotopic (exact) mass is 327 g/mol. The zero-order valence-corrected chi connectivity index (χ0v) is 13.3. The summed E-state index contributed by atoms with van der Waals surface area (Å²) in [5.41, 5.74) is 2.11. The fraction of sp³-hybridized carbons (Fsp3) is 0.312. The lowest BCUT2D eigenvalue weighted by Crippen LogP contribution is -2.38. The van der Waals surface area contributed by atoms with Crippen molar-refractivity contribution in [1.82, 2.24) is 4.90 Å². The molecule has 0 saturated heterocycles. The Morgan fingerprint density at radius 1 is 1.38 bits per heavy atom. The second kappa shape index (κ2) is 6.18. The van der Waals surface area contributed by atoms with Crippen molar-refractivity contribution in [3.8, 4) is 0 Å². The van der Waals surface area contributed by atoms with Crippen LogP contribution in [0.2, 0.25) is 5.02 Å². The Labute approximate surface area is 133 Å². The lowest BCUT2D eigenvalue weighted by atomic mass is 10.1. The molecule has 0 saturated carbocycles. The number of esters is 1. The van der Waals surface area contributed by atoms with Crippen LogP contribution < -0.4 is 0 Å². The van der Waals surface area contributed by atoms with Crippen LogP contribution in [0.5, 0.6) is 0 Å². The van der Waals surface area contributed by atoms with Gasteiger partial charge >= 0.3 is 5.97 Å². The number of ether oxygens (including phenoxy) is 1. The van der Waals surface area contributed by atoms with Gasteiger partial charge in [-0.15, -0.1) is 11.3 Å². The molecule has 1 unspecified atom stereocenters. The maximum atomic E-state index is 12.3. The average Bonchev–Trinajstić information content (AvgIpc) is 2.97. The third-order valence-electron chi connectivity index (χ3n) is 3.83. The molecular formula is C16H16ClNO2S. The molecule has 0 spiro atoms. The molecule has 1 aromatic heterocycles. The maximum absolute atomic E-state index is 12.3. The number of benzene rings is 1. The molecule has 2 aromatic rings. The smallest absolute Gasteiger partial charge is 0.327 e. The van der Waals surface area contributed by atoms with Gasteiger partial charge in [0.25, 0.3) is 0 Å². The van der Waals surface area contributed by atoms with Gasteiger partial charge in [0.2, 0.25) is 0 Å². The van der Waals surface area contributed by atoms with Crippen LogP contribution in [0.25, 0.3) is 0 Å². The zero-order valence-electron chi connectivity index (χ0n) is 11.7. The molecule has 5 heteroatoms. The first-order valence-corrected chi connectivity index (χ1v) is 8.08. The summed E-state index contributed by atoms with van der Waals surface area (Å²) >= 11 is 8.07. The van der Waals surface area contributed by atoms with E-state index < -0.39 is 6.04 Å². The molecule has 0 amide bonds. The van der Waals surface area contributed by atoms with Crippen LogP contribution in [-0.4, -0.2) is 24.5 Å². The van der Waals surface area contributed by atoms with Crippen LogP contribution in [0.1, 0.15) is 22.0 Å². The molecule has 3 nitrogen and oxygen atoms in total. The minimum absolute atomic E-state index is 0.262. The normalized spacial score (nSPS) is 16.3. The van der Waals surface area contributed by atoms with Gasteiger partial charge in [0.15, 0.2) is 0 Å². The highest BCUT2D eigenvalue weighted by Gasteiger charge is 2.32. The fourth-order valence-electron chi connectivity index (χ4n) is 2.77. The van der Waals surface area contributed by atoms with Crippen LogP contribution >= 0.6 is 22.9 Å². The Morgan fingerprint density at radius 3 is 2.95 bits per heavy atom. The number of carbonyl (C=O) groups is 1. The molecule has 1 atom stereocenters. The SMILES string of the molecule is COC(=O)C([13c]1[13cH][13cH][13cH][13cH][13c]1Cl)N1CCc2sccc2C1. The number of methoxy groups -OCH3 is 1. The average molecular weight is 328 g/mol. The van der Waals surface area contributed by atoms with Gasteiger partial charge < -0.3 is 4.74 Å². The second-order valence-corrected chi connectivity index (χ2v) is 6.44. The maximum Gasteiger partial charge on any atom is 0.327 e. The largest absolute Gasteiger partial charge is 0.468 e. The van der Waals surface area contributed by atoms with E-state index in [0.717, 1.165) is 25.1 Å². The predicted octanol–water partition coefficient (Wildman–Crippen LogP) is 3.67. The summed E-state index contributed by atoms with van der Waals surface area (Å²) in [5, 5.41) is 2.71. The molecule has 0 radical (unpaired) electrons. The molecule has 21 heavy (non-hydrogen) atoms. The van der Waals surface area contributed by atoms with Crippen LogP contribution in [0.3, 0.4) is 0 Å². The van der Waals surface area contributed by atoms with E-state index in [9.17, 15) is 4.79 Å². The van der Waals surface area contributed by atoms with Crippen molar-refractivity contribution in [2.75, 3.05) is 13.7 Å². The van der Waals surface area contributed by atoms with E-state index >= 15 is 0 Å². The third kappa shape index (κ3) is 2.84. The predicted molar refractivity (Wildman–Crippen MR) is 84.6 cm³/mol. The highest BCUT2D eigenvalue weighted by molar-refractivity contribution is 7.10. The van der Waals surface area contributed by atoms with E-state index in [1.54, 1.807) is 11.3 Å². The first-order chi connectivity index (χ1) is 10.2. The van der Waals surface area contributed by atoms with Gasteiger partial charge in [-0.25, -0.2) is 4.79 Å². The Balaban J connectivity index is 1.94. The number of fused-ring (bicyclic) bond motifs is 1. The highest BCUT2D eigenvalue weighted by Crippen LogP contribution is 2.33. The molecule has 110 valence electrons. The number of hydrogen-bond acceptors (Lipinski definition) is 4. The first kappa shape index (κ1) is 14.6. The molecule has 1 aliphatic heterocycles. The Morgan fingerprint density at radius 2 is 2.19 bits per heavy atom. The van der Waals surface area contributed by atoms with Crippen molar-refractivity contribution in [3.05, 3.63) is 56.7 Å². The minimum atomic E-state index is -0.447. The van der Waals surface area contributed by atoms with Gasteiger partial charge in [0, 0.05) is 23.0 Å². The van der Waals surface area contributed by atoms with E-state index in [-0.39, 0.29) is 5.97 Å². The molecule has 0 fully saturated rings. The molecule has 0 bridgehead atoms. The molecule has 1 aromatic carbocycles. The van der Waals surface area contributed by atoms with E-state index in [4.69, 9.17) is 16.3 Å². The van der Waals surface area contributed by atoms with Crippen molar-refractivity contribution in [3.63, 3.8) is 0 Å². The summed E-state index contributed by atoms with van der Waals surface area (Å²) in [5.74, 6) is -0.262. The lowest BCUT2D eigenvalue weighted by molar-refractivity contribution is -0.147. The summed E-state index contributed by atoms with van der Waals surface area (Å²) in [6.45, 7) is 1.59. The summed E-state index contributed by atoms with van der Waals surface area (Å²) in [6, 6.07) is 9.16. The number of thiophene rings is 1. The van der Waals surface area contributed by atoms with Gasteiger partial charge in [0.1, 0.15) is 6.04 Å². The molecule has 3 rings (SSSR count). The van der Waals surface area contributed by atoms with Gasteiger partial charge in [-0.3, -0.25) is 4.90 Å². The number of rotatable bonds is 3. The number of hydrogen-bond donors (Lipinski definition) is 0. The lowest BCUT2D eigenvalue weighted by Gasteiger charge is -2.33. The van der Waals surface area contributed by atoms with E-state index in [2.05, 4.69) is 16.3 Å². The molecular weight excluding hydrogens is 312 g/mol. The van der Waals surface area contributed by atoms with Crippen molar-refractivity contribution in [1.29, 1.82) is 0 Å². The number of nitrogens with zero attached hydrogens (tertiary/aromatic N) is 1. The van der Waals surface area contributed by atoms with Crippen LogP contribution in [0.15, 0.2) is 35.7 Å². The number of carbonyl (C=O) groups excluding carboxylic acids is 1. The Kier molecular flexibility index (Phi) is 4.29. The summed E-state index contributed by atoms with van der Waals surface area (Å²) in [4.78, 5) is 15.8.